The van der Waals surface area contributed by atoms with Crippen LogP contribution in [-0.2, 0) is 9.59 Å². The van der Waals surface area contributed by atoms with E-state index in [1.54, 1.807) is 13.0 Å². The van der Waals surface area contributed by atoms with Crippen molar-refractivity contribution < 1.29 is 14.7 Å². The third-order valence-corrected chi connectivity index (χ3v) is 2.89. The van der Waals surface area contributed by atoms with Gasteiger partial charge in [0.1, 0.15) is 0 Å². The number of hydrogen-bond donors (Lipinski definition) is 3. The molecule has 1 atom stereocenters. The van der Waals surface area contributed by atoms with Gasteiger partial charge in [0, 0.05) is 18.8 Å². The van der Waals surface area contributed by atoms with Crippen molar-refractivity contribution in [1.29, 1.82) is 0 Å². The van der Waals surface area contributed by atoms with Gasteiger partial charge in [-0.25, -0.2) is 0 Å². The minimum Gasteiger partial charge on any atom is -0.396 e. The third-order valence-electron chi connectivity index (χ3n) is 2.89. The Kier molecular flexibility index (Phi) is 5.51. The van der Waals surface area contributed by atoms with E-state index < -0.39 is 11.8 Å². The molecule has 19 heavy (non-hydrogen) atoms. The number of nitrogens with one attached hydrogen (secondary N) is 2. The summed E-state index contributed by atoms with van der Waals surface area (Å²) in [5.41, 5.74) is 2.77. The Labute approximate surface area is 113 Å². The zero-order chi connectivity index (χ0) is 14.4. The van der Waals surface area contributed by atoms with Crippen LogP contribution in [0.2, 0.25) is 0 Å². The van der Waals surface area contributed by atoms with Crippen LogP contribution in [0, 0.1) is 19.8 Å². The van der Waals surface area contributed by atoms with Gasteiger partial charge in [-0.3, -0.25) is 9.59 Å². The molecule has 0 aliphatic rings. The van der Waals surface area contributed by atoms with E-state index in [2.05, 4.69) is 10.6 Å². The Morgan fingerprint density at radius 1 is 1.21 bits per heavy atom. The fourth-order valence-electron chi connectivity index (χ4n) is 1.42. The molecule has 2 amide bonds. The topological polar surface area (TPSA) is 78.4 Å². The third kappa shape index (κ3) is 4.71. The molecule has 0 aliphatic carbocycles. The molecule has 0 aromatic heterocycles. The number of aryl methyl sites for hydroxylation is 2. The molecule has 5 nitrogen and oxygen atoms in total. The van der Waals surface area contributed by atoms with Crippen molar-refractivity contribution in [3.63, 3.8) is 0 Å². The van der Waals surface area contributed by atoms with Crippen molar-refractivity contribution in [2.75, 3.05) is 18.5 Å². The molecule has 0 aliphatic heterocycles. The summed E-state index contributed by atoms with van der Waals surface area (Å²) in [5.74, 6) is -1.47. The molecule has 1 aromatic rings. The highest BCUT2D eigenvalue weighted by Crippen LogP contribution is 2.13. The van der Waals surface area contributed by atoms with Crippen LogP contribution in [0.3, 0.4) is 0 Å². The van der Waals surface area contributed by atoms with Crippen LogP contribution < -0.4 is 10.6 Å². The van der Waals surface area contributed by atoms with Crippen LogP contribution in [0.5, 0.6) is 0 Å². The van der Waals surface area contributed by atoms with Gasteiger partial charge in [0.2, 0.25) is 0 Å². The van der Waals surface area contributed by atoms with Crippen molar-refractivity contribution in [1.82, 2.24) is 5.32 Å². The smallest absolute Gasteiger partial charge is 0.313 e. The second-order valence-electron chi connectivity index (χ2n) is 4.75. The van der Waals surface area contributed by atoms with Gasteiger partial charge >= 0.3 is 11.8 Å². The van der Waals surface area contributed by atoms with Crippen molar-refractivity contribution >= 4 is 17.5 Å². The summed E-state index contributed by atoms with van der Waals surface area (Å²) in [6.45, 7) is 5.94. The number of rotatable bonds is 4. The Balaban J connectivity index is 2.54. The average Bonchev–Trinajstić information content (AvgIpc) is 2.39. The molecule has 104 valence electrons. The van der Waals surface area contributed by atoms with Crippen LogP contribution in [0.1, 0.15) is 18.1 Å². The summed E-state index contributed by atoms with van der Waals surface area (Å²) >= 11 is 0. The van der Waals surface area contributed by atoms with E-state index in [9.17, 15) is 9.59 Å². The Morgan fingerprint density at radius 3 is 2.47 bits per heavy atom. The first kappa shape index (κ1) is 15.2. The first-order valence-electron chi connectivity index (χ1n) is 6.21. The lowest BCUT2D eigenvalue weighted by molar-refractivity contribution is -0.136. The quantitative estimate of drug-likeness (QED) is 0.709. The van der Waals surface area contributed by atoms with Crippen LogP contribution in [0.15, 0.2) is 18.2 Å². The molecule has 5 heteroatoms. The predicted molar refractivity (Wildman–Crippen MR) is 73.8 cm³/mol. The number of aliphatic hydroxyl groups is 1. The molecule has 0 radical (unpaired) electrons. The zero-order valence-electron chi connectivity index (χ0n) is 11.5. The van der Waals surface area contributed by atoms with Crippen LogP contribution in [0.25, 0.3) is 0 Å². The summed E-state index contributed by atoms with van der Waals surface area (Å²) in [7, 11) is 0. The van der Waals surface area contributed by atoms with E-state index in [4.69, 9.17) is 5.11 Å². The average molecular weight is 264 g/mol. The lowest BCUT2D eigenvalue weighted by Gasteiger charge is -2.10. The summed E-state index contributed by atoms with van der Waals surface area (Å²) in [5, 5.41) is 13.8. The molecule has 3 N–H and O–H groups in total. The van der Waals surface area contributed by atoms with Gasteiger partial charge in [0.05, 0.1) is 0 Å². The maximum atomic E-state index is 11.6. The monoisotopic (exact) mass is 264 g/mol. The Bertz CT molecular complexity index is 472. The van der Waals surface area contributed by atoms with Crippen molar-refractivity contribution in [3.8, 4) is 0 Å². The van der Waals surface area contributed by atoms with Gasteiger partial charge in [-0.15, -0.1) is 0 Å². The molecule has 0 saturated carbocycles. The molecular formula is C14H20N2O3. The van der Waals surface area contributed by atoms with Crippen molar-refractivity contribution in [2.45, 2.75) is 20.8 Å². The van der Waals surface area contributed by atoms with E-state index in [0.29, 0.717) is 5.69 Å². The molecule has 0 spiro atoms. The van der Waals surface area contributed by atoms with Gasteiger partial charge in [0.25, 0.3) is 0 Å². The molecule has 1 unspecified atom stereocenters. The van der Waals surface area contributed by atoms with Gasteiger partial charge in [-0.05, 0) is 43.0 Å². The standard InChI is InChI=1S/C14H20N2O3/c1-9(8-17)7-15-13(18)14(19)16-12-5-4-10(2)11(3)6-12/h4-6,9,17H,7-8H2,1-3H3,(H,15,18)(H,16,19). The summed E-state index contributed by atoms with van der Waals surface area (Å²) in [6, 6.07) is 5.46. The van der Waals surface area contributed by atoms with E-state index in [-0.39, 0.29) is 19.1 Å². The minimum atomic E-state index is -0.701. The lowest BCUT2D eigenvalue weighted by Crippen LogP contribution is -2.38. The largest absolute Gasteiger partial charge is 0.396 e. The normalized spacial score (nSPS) is 11.8. The number of anilines is 1. The van der Waals surface area contributed by atoms with Gasteiger partial charge in [-0.1, -0.05) is 13.0 Å². The SMILES string of the molecule is Cc1ccc(NC(=O)C(=O)NCC(C)CO)cc1C. The number of carbonyl (C=O) groups is 2. The first-order valence-corrected chi connectivity index (χ1v) is 6.21. The fourth-order valence-corrected chi connectivity index (χ4v) is 1.42. The molecule has 1 aromatic carbocycles. The molecule has 0 heterocycles. The highest BCUT2D eigenvalue weighted by atomic mass is 16.3. The second-order valence-corrected chi connectivity index (χ2v) is 4.75. The Morgan fingerprint density at radius 2 is 1.89 bits per heavy atom. The second kappa shape index (κ2) is 6.89. The number of benzene rings is 1. The molecule has 0 bridgehead atoms. The maximum absolute atomic E-state index is 11.6. The first-order chi connectivity index (χ1) is 8.93. The molecular weight excluding hydrogens is 244 g/mol. The predicted octanol–water partition coefficient (Wildman–Crippen LogP) is 0.987. The zero-order valence-corrected chi connectivity index (χ0v) is 11.5. The van der Waals surface area contributed by atoms with Crippen molar-refractivity contribution in [2.24, 2.45) is 5.92 Å². The highest BCUT2D eigenvalue weighted by Gasteiger charge is 2.14. The number of hydrogen-bond acceptors (Lipinski definition) is 3. The van der Waals surface area contributed by atoms with Crippen LogP contribution in [-0.4, -0.2) is 30.1 Å². The number of amides is 2. The van der Waals surface area contributed by atoms with E-state index >= 15 is 0 Å². The van der Waals surface area contributed by atoms with Crippen LogP contribution in [0.4, 0.5) is 5.69 Å². The van der Waals surface area contributed by atoms with Gasteiger partial charge in [0.15, 0.2) is 0 Å². The molecule has 0 fully saturated rings. The van der Waals surface area contributed by atoms with E-state index in [0.717, 1.165) is 11.1 Å². The fraction of sp³-hybridized carbons (Fsp3) is 0.429. The lowest BCUT2D eigenvalue weighted by atomic mass is 10.1. The number of carbonyl (C=O) groups excluding carboxylic acids is 2. The summed E-state index contributed by atoms with van der Waals surface area (Å²) in [4.78, 5) is 23.1. The molecule has 1 rings (SSSR count). The maximum Gasteiger partial charge on any atom is 0.313 e. The summed E-state index contributed by atoms with van der Waals surface area (Å²) in [6.07, 6.45) is 0. The van der Waals surface area contributed by atoms with Crippen molar-refractivity contribution in [3.05, 3.63) is 29.3 Å². The minimum absolute atomic E-state index is 0.0287. The molecule has 0 saturated heterocycles. The van der Waals surface area contributed by atoms with Gasteiger partial charge in [-0.2, -0.15) is 0 Å². The van der Waals surface area contributed by atoms with Gasteiger partial charge < -0.3 is 15.7 Å². The van der Waals surface area contributed by atoms with E-state index in [1.807, 2.05) is 26.0 Å². The van der Waals surface area contributed by atoms with E-state index in [1.165, 1.54) is 0 Å². The number of aliphatic hydroxyl groups excluding tert-OH is 1. The summed E-state index contributed by atoms with van der Waals surface area (Å²) < 4.78 is 0. The van der Waals surface area contributed by atoms with Crippen LogP contribution >= 0.6 is 0 Å². The Hall–Kier alpha value is -1.88. The highest BCUT2D eigenvalue weighted by molar-refractivity contribution is 6.39.